The monoisotopic (exact) mass is 487 g/mol. The second-order valence-electron chi connectivity index (χ2n) is 9.34. The van der Waals surface area contributed by atoms with Gasteiger partial charge in [-0.1, -0.05) is 43.2 Å². The molecule has 0 fully saturated rings. The first-order valence-corrected chi connectivity index (χ1v) is 12.4. The van der Waals surface area contributed by atoms with Gasteiger partial charge in [-0.15, -0.1) is 0 Å². The highest BCUT2D eigenvalue weighted by atomic mass is 16.5. The molecule has 3 aromatic carbocycles. The maximum absolute atomic E-state index is 12.2. The van der Waals surface area contributed by atoms with E-state index in [-0.39, 0.29) is 24.7 Å². The van der Waals surface area contributed by atoms with Crippen molar-refractivity contribution in [3.8, 4) is 11.5 Å². The van der Waals surface area contributed by atoms with Gasteiger partial charge < -0.3 is 24.6 Å². The van der Waals surface area contributed by atoms with Gasteiger partial charge in [-0.25, -0.2) is 4.79 Å². The fraction of sp³-hybridized carbons (Fsp3) is 0.300. The van der Waals surface area contributed by atoms with Crippen molar-refractivity contribution < 1.29 is 24.9 Å². The number of nitrogens with zero attached hydrogens (tertiary/aromatic N) is 1. The van der Waals surface area contributed by atoms with Crippen LogP contribution in [-0.2, 0) is 24.1 Å². The van der Waals surface area contributed by atoms with Crippen LogP contribution in [0.4, 0.5) is 0 Å². The summed E-state index contributed by atoms with van der Waals surface area (Å²) >= 11 is 0. The number of hydrogen-bond acceptors (Lipinski definition) is 5. The number of unbranched alkanes of at least 4 members (excludes halogenated alkanes) is 1. The van der Waals surface area contributed by atoms with Crippen LogP contribution in [0, 0.1) is 6.92 Å². The Hall–Kier alpha value is -3.77. The molecule has 6 nitrogen and oxygen atoms in total. The van der Waals surface area contributed by atoms with E-state index in [2.05, 4.69) is 13.0 Å². The fourth-order valence-electron chi connectivity index (χ4n) is 4.48. The third-order valence-corrected chi connectivity index (χ3v) is 6.40. The number of phenols is 2. The summed E-state index contributed by atoms with van der Waals surface area (Å²) in [5.41, 5.74) is 4.72. The maximum Gasteiger partial charge on any atom is 0.338 e. The van der Waals surface area contributed by atoms with Gasteiger partial charge >= 0.3 is 5.97 Å². The molecule has 4 aromatic rings. The van der Waals surface area contributed by atoms with E-state index >= 15 is 0 Å². The summed E-state index contributed by atoms with van der Waals surface area (Å²) in [4.78, 5) is 12.2. The third-order valence-electron chi connectivity index (χ3n) is 6.40. The van der Waals surface area contributed by atoms with Crippen LogP contribution >= 0.6 is 0 Å². The lowest BCUT2D eigenvalue weighted by Gasteiger charge is -2.12. The van der Waals surface area contributed by atoms with Gasteiger partial charge in [-0.05, 0) is 67.3 Å². The van der Waals surface area contributed by atoms with Crippen LogP contribution in [0.15, 0.2) is 66.9 Å². The molecule has 0 saturated heterocycles. The van der Waals surface area contributed by atoms with Crippen LogP contribution in [0.2, 0.25) is 0 Å². The average Bonchev–Trinajstić information content (AvgIpc) is 3.19. The molecule has 1 heterocycles. The summed E-state index contributed by atoms with van der Waals surface area (Å²) in [7, 11) is 0. The Bertz CT molecular complexity index is 1320. The van der Waals surface area contributed by atoms with Crippen LogP contribution in [0.1, 0.15) is 52.4 Å². The van der Waals surface area contributed by atoms with E-state index < -0.39 is 12.1 Å². The van der Waals surface area contributed by atoms with Crippen molar-refractivity contribution in [1.29, 1.82) is 0 Å². The van der Waals surface area contributed by atoms with Crippen LogP contribution in [0.25, 0.3) is 10.9 Å². The van der Waals surface area contributed by atoms with Crippen LogP contribution in [0.5, 0.6) is 11.5 Å². The third kappa shape index (κ3) is 5.89. The maximum atomic E-state index is 12.2. The molecule has 0 radical (unpaired) electrons. The van der Waals surface area contributed by atoms with Crippen molar-refractivity contribution in [2.24, 2.45) is 0 Å². The van der Waals surface area contributed by atoms with Gasteiger partial charge in [0.05, 0.1) is 23.8 Å². The molecule has 36 heavy (non-hydrogen) atoms. The van der Waals surface area contributed by atoms with Gasteiger partial charge in [-0.3, -0.25) is 0 Å². The van der Waals surface area contributed by atoms with Crippen molar-refractivity contribution in [2.75, 3.05) is 6.61 Å². The predicted molar refractivity (Wildman–Crippen MR) is 141 cm³/mol. The highest BCUT2D eigenvalue weighted by Crippen LogP contribution is 2.33. The van der Waals surface area contributed by atoms with E-state index in [4.69, 9.17) is 4.74 Å². The number of fused-ring (bicyclic) bond motifs is 1. The average molecular weight is 488 g/mol. The number of hydrogen-bond donors (Lipinski definition) is 3. The summed E-state index contributed by atoms with van der Waals surface area (Å²) in [6.07, 6.45) is 4.18. The van der Waals surface area contributed by atoms with Crippen molar-refractivity contribution in [1.82, 2.24) is 4.57 Å². The molecule has 1 atom stereocenters. The lowest BCUT2D eigenvalue weighted by atomic mass is 10.0. The Kier molecular flexibility index (Phi) is 7.96. The molecule has 1 aromatic heterocycles. The number of aromatic nitrogens is 1. The first kappa shape index (κ1) is 25.3. The molecule has 3 N–H and O–H groups in total. The molecule has 0 aliphatic carbocycles. The van der Waals surface area contributed by atoms with Crippen molar-refractivity contribution in [3.05, 3.63) is 94.7 Å². The number of phenolic OH excluding ortho intramolecular Hbond substituents is 2. The topological polar surface area (TPSA) is 91.9 Å². The van der Waals surface area contributed by atoms with E-state index in [9.17, 15) is 20.1 Å². The summed E-state index contributed by atoms with van der Waals surface area (Å²) < 4.78 is 7.27. The standard InChI is InChI=1S/C30H33NO5/c1-3-4-8-21-14-28(33)26(29(34)15-21)18-31-17-23(25-13-20(2)11-12-27(25)31)16-24(32)19-36-30(35)22-9-6-5-7-10-22/h5-7,9-15,17,24,32-34H,3-4,8,16,18-19H2,1-2H3/t24-/m0/s1. The Balaban J connectivity index is 1.54. The number of aliphatic hydroxyl groups excluding tert-OH is 1. The van der Waals surface area contributed by atoms with E-state index in [1.54, 1.807) is 36.4 Å². The molecule has 0 bridgehead atoms. The molecule has 6 heteroatoms. The highest BCUT2D eigenvalue weighted by Gasteiger charge is 2.18. The van der Waals surface area contributed by atoms with Gasteiger partial charge in [0.25, 0.3) is 0 Å². The molecule has 188 valence electrons. The van der Waals surface area contributed by atoms with Gasteiger partial charge in [0, 0.05) is 23.5 Å². The van der Waals surface area contributed by atoms with E-state index in [0.717, 1.165) is 46.9 Å². The fourth-order valence-corrected chi connectivity index (χ4v) is 4.48. The largest absolute Gasteiger partial charge is 0.507 e. The first-order valence-electron chi connectivity index (χ1n) is 12.4. The number of carbonyl (C=O) groups is 1. The quantitative estimate of drug-likeness (QED) is 0.257. The number of benzene rings is 3. The Labute approximate surface area is 211 Å². The van der Waals surface area contributed by atoms with Crippen molar-refractivity contribution in [2.45, 2.75) is 52.2 Å². The van der Waals surface area contributed by atoms with Crippen LogP contribution in [-0.4, -0.2) is 38.6 Å². The number of rotatable bonds is 10. The van der Waals surface area contributed by atoms with Gasteiger partial charge in [0.2, 0.25) is 0 Å². The zero-order valence-electron chi connectivity index (χ0n) is 20.8. The van der Waals surface area contributed by atoms with Gasteiger partial charge in [0.1, 0.15) is 18.1 Å². The Morgan fingerprint density at radius 3 is 2.44 bits per heavy atom. The highest BCUT2D eigenvalue weighted by molar-refractivity contribution is 5.89. The molecular weight excluding hydrogens is 454 g/mol. The summed E-state index contributed by atoms with van der Waals surface area (Å²) in [5.74, 6) is -0.324. The molecule has 0 spiro atoms. The van der Waals surface area contributed by atoms with Crippen LogP contribution < -0.4 is 0 Å². The smallest absolute Gasteiger partial charge is 0.338 e. The Morgan fingerprint density at radius 1 is 1.03 bits per heavy atom. The van der Waals surface area contributed by atoms with Crippen molar-refractivity contribution in [3.63, 3.8) is 0 Å². The summed E-state index contributed by atoms with van der Waals surface area (Å²) in [5, 5.41) is 32.9. The second kappa shape index (κ2) is 11.3. The van der Waals surface area contributed by atoms with Gasteiger partial charge in [-0.2, -0.15) is 0 Å². The number of carbonyl (C=O) groups excluding carboxylic acids is 1. The molecule has 0 unspecified atom stereocenters. The van der Waals surface area contributed by atoms with E-state index in [1.165, 1.54) is 0 Å². The molecule has 0 aliphatic heterocycles. The molecule has 4 rings (SSSR count). The molecular formula is C30H33NO5. The van der Waals surface area contributed by atoms with Crippen molar-refractivity contribution >= 4 is 16.9 Å². The van der Waals surface area contributed by atoms with Crippen LogP contribution in [0.3, 0.4) is 0 Å². The summed E-state index contributed by atoms with van der Waals surface area (Å²) in [6.45, 7) is 4.28. The number of aromatic hydroxyl groups is 2. The van der Waals surface area contributed by atoms with Gasteiger partial charge in [0.15, 0.2) is 0 Å². The number of aryl methyl sites for hydroxylation is 2. The molecule has 0 aliphatic rings. The molecule has 0 amide bonds. The predicted octanol–water partition coefficient (Wildman–Crippen LogP) is 5.51. The lowest BCUT2D eigenvalue weighted by molar-refractivity contribution is 0.0259. The van der Waals surface area contributed by atoms with E-state index in [1.807, 2.05) is 35.9 Å². The summed E-state index contributed by atoms with van der Waals surface area (Å²) in [6, 6.07) is 18.2. The number of aliphatic hydroxyl groups is 1. The number of ether oxygens (including phenoxy) is 1. The minimum Gasteiger partial charge on any atom is -0.507 e. The lowest BCUT2D eigenvalue weighted by Crippen LogP contribution is -2.21. The minimum absolute atomic E-state index is 0.0736. The Morgan fingerprint density at radius 2 is 1.75 bits per heavy atom. The zero-order chi connectivity index (χ0) is 25.7. The SMILES string of the molecule is CCCCc1cc(O)c(Cn2cc(C[C@H](O)COC(=O)c3ccccc3)c3cc(C)ccc32)c(O)c1. The minimum atomic E-state index is -0.878. The first-order chi connectivity index (χ1) is 17.4. The zero-order valence-corrected chi connectivity index (χ0v) is 20.8. The molecule has 0 saturated carbocycles. The normalized spacial score (nSPS) is 12.1. The number of esters is 1. The van der Waals surface area contributed by atoms with E-state index in [0.29, 0.717) is 17.5 Å². The second-order valence-corrected chi connectivity index (χ2v) is 9.34.